The van der Waals surface area contributed by atoms with Crippen molar-refractivity contribution in [1.29, 1.82) is 0 Å². The highest BCUT2D eigenvalue weighted by atomic mass is 35.5. The summed E-state index contributed by atoms with van der Waals surface area (Å²) in [6, 6.07) is 8.85. The number of piperidine rings is 1. The Morgan fingerprint density at radius 2 is 1.85 bits per heavy atom. The fourth-order valence-electron chi connectivity index (χ4n) is 4.12. The number of likely N-dealkylation sites (tertiary alicyclic amines) is 1. The summed E-state index contributed by atoms with van der Waals surface area (Å²) in [5, 5.41) is 3.12. The fraction of sp³-hybridized carbons (Fsp3) is 0.667. The zero-order valence-corrected chi connectivity index (χ0v) is 18.0. The molecule has 1 saturated carbocycles. The number of carbonyl (C=O) groups is 1. The molecular weight excluding hydrogens is 381 g/mol. The van der Waals surface area contributed by atoms with Gasteiger partial charge < -0.3 is 11.1 Å². The lowest BCUT2D eigenvalue weighted by atomic mass is 9.85. The molecule has 1 saturated heterocycles. The maximum Gasteiger partial charge on any atom is 0.223 e. The molecule has 1 aliphatic carbocycles. The lowest BCUT2D eigenvalue weighted by Crippen LogP contribution is -2.37. The van der Waals surface area contributed by atoms with Crippen molar-refractivity contribution in [2.24, 2.45) is 17.6 Å². The summed E-state index contributed by atoms with van der Waals surface area (Å²) in [6.45, 7) is 6.38. The Kier molecular flexibility index (Phi) is 10.7. The second-order valence-corrected chi connectivity index (χ2v) is 8.12. The Hall–Kier alpha value is -0.810. The van der Waals surface area contributed by atoms with Crippen molar-refractivity contribution >= 4 is 30.7 Å². The van der Waals surface area contributed by atoms with Crippen LogP contribution in [0.3, 0.4) is 0 Å². The Morgan fingerprint density at radius 1 is 1.15 bits per heavy atom. The van der Waals surface area contributed by atoms with Gasteiger partial charge in [-0.25, -0.2) is 0 Å². The Labute approximate surface area is 176 Å². The number of carbonyl (C=O) groups excluding carboxylic acids is 1. The predicted octanol–water partition coefficient (Wildman–Crippen LogP) is 3.90. The molecule has 6 heteroatoms. The van der Waals surface area contributed by atoms with Crippen molar-refractivity contribution in [1.82, 2.24) is 10.2 Å². The van der Waals surface area contributed by atoms with Crippen molar-refractivity contribution in [3.63, 3.8) is 0 Å². The van der Waals surface area contributed by atoms with Gasteiger partial charge in [0.05, 0.1) is 0 Å². The van der Waals surface area contributed by atoms with Gasteiger partial charge in [-0.15, -0.1) is 24.8 Å². The summed E-state index contributed by atoms with van der Waals surface area (Å²) in [6.07, 6.45) is 6.55. The Bertz CT molecular complexity index is 576. The molecule has 0 aromatic heterocycles. The van der Waals surface area contributed by atoms with Crippen LogP contribution in [0.15, 0.2) is 24.3 Å². The largest absolute Gasteiger partial charge is 0.352 e. The van der Waals surface area contributed by atoms with E-state index in [1.807, 2.05) is 0 Å². The molecule has 27 heavy (non-hydrogen) atoms. The van der Waals surface area contributed by atoms with E-state index in [2.05, 4.69) is 41.4 Å². The van der Waals surface area contributed by atoms with Crippen molar-refractivity contribution in [3.8, 4) is 0 Å². The number of amides is 1. The average Bonchev–Trinajstić information content (AvgIpc) is 2.62. The first-order valence-electron chi connectivity index (χ1n) is 9.93. The fourth-order valence-corrected chi connectivity index (χ4v) is 4.12. The molecule has 2 fully saturated rings. The van der Waals surface area contributed by atoms with E-state index in [1.54, 1.807) is 0 Å². The van der Waals surface area contributed by atoms with Crippen LogP contribution in [-0.4, -0.2) is 29.9 Å². The van der Waals surface area contributed by atoms with Crippen LogP contribution >= 0.6 is 24.8 Å². The highest BCUT2D eigenvalue weighted by molar-refractivity contribution is 5.85. The number of halogens is 2. The van der Waals surface area contributed by atoms with Crippen LogP contribution in [0.25, 0.3) is 0 Å². The SMILES string of the molecule is CC1CCN(Cc2cccc(CNC(=O)C3CCCC(N)C3)c2)CC1.Cl.Cl. The third-order valence-corrected chi connectivity index (χ3v) is 5.83. The first-order chi connectivity index (χ1) is 12.1. The lowest BCUT2D eigenvalue weighted by Gasteiger charge is -2.30. The molecule has 1 aliphatic heterocycles. The number of nitrogens with zero attached hydrogens (tertiary/aromatic N) is 1. The third kappa shape index (κ3) is 7.61. The zero-order valence-electron chi connectivity index (χ0n) is 16.4. The summed E-state index contributed by atoms with van der Waals surface area (Å²) < 4.78 is 0. The topological polar surface area (TPSA) is 58.4 Å². The molecule has 1 heterocycles. The van der Waals surface area contributed by atoms with E-state index < -0.39 is 0 Å². The molecule has 0 radical (unpaired) electrons. The summed E-state index contributed by atoms with van der Waals surface area (Å²) >= 11 is 0. The molecule has 2 atom stereocenters. The molecule has 1 aromatic rings. The number of rotatable bonds is 5. The predicted molar refractivity (Wildman–Crippen MR) is 116 cm³/mol. The maximum atomic E-state index is 12.4. The van der Waals surface area contributed by atoms with Gasteiger partial charge in [0.25, 0.3) is 0 Å². The summed E-state index contributed by atoms with van der Waals surface area (Å²) in [7, 11) is 0. The van der Waals surface area contributed by atoms with Crippen LogP contribution in [0.4, 0.5) is 0 Å². The van der Waals surface area contributed by atoms with Gasteiger partial charge in [-0.2, -0.15) is 0 Å². The molecular formula is C21H35Cl2N3O. The standard InChI is InChI=1S/C21H33N3O.2ClH/c1-16-8-10-24(11-9-16)15-18-5-2-4-17(12-18)14-23-21(25)19-6-3-7-20(22)13-19;;/h2,4-5,12,16,19-20H,3,6-11,13-15,22H2,1H3,(H,23,25);2*1H. The minimum Gasteiger partial charge on any atom is -0.352 e. The molecule has 0 bridgehead atoms. The second-order valence-electron chi connectivity index (χ2n) is 8.12. The number of hydrogen-bond acceptors (Lipinski definition) is 3. The summed E-state index contributed by atoms with van der Waals surface area (Å²) in [5.74, 6) is 1.14. The lowest BCUT2D eigenvalue weighted by molar-refractivity contribution is -0.126. The van der Waals surface area contributed by atoms with E-state index in [0.29, 0.717) is 6.54 Å². The van der Waals surface area contributed by atoms with Crippen LogP contribution in [0.1, 0.15) is 56.6 Å². The van der Waals surface area contributed by atoms with Crippen LogP contribution in [0.2, 0.25) is 0 Å². The zero-order chi connectivity index (χ0) is 17.6. The maximum absolute atomic E-state index is 12.4. The van der Waals surface area contributed by atoms with Gasteiger partial charge in [0.1, 0.15) is 0 Å². The summed E-state index contributed by atoms with van der Waals surface area (Å²) in [4.78, 5) is 14.9. The van der Waals surface area contributed by atoms with Gasteiger partial charge in [-0.05, 0) is 62.2 Å². The molecule has 1 aromatic carbocycles. The molecule has 0 spiro atoms. The smallest absolute Gasteiger partial charge is 0.223 e. The van der Waals surface area contributed by atoms with Gasteiger partial charge in [-0.3, -0.25) is 9.69 Å². The average molecular weight is 416 g/mol. The molecule has 3 N–H and O–H groups in total. The van der Waals surface area contributed by atoms with Crippen molar-refractivity contribution in [3.05, 3.63) is 35.4 Å². The normalized spacial score (nSPS) is 23.8. The minimum atomic E-state index is 0. The van der Waals surface area contributed by atoms with Gasteiger partial charge in [0, 0.05) is 25.0 Å². The van der Waals surface area contributed by atoms with Crippen LogP contribution in [0, 0.1) is 11.8 Å². The number of nitrogens with one attached hydrogen (secondary N) is 1. The Morgan fingerprint density at radius 3 is 2.56 bits per heavy atom. The number of benzene rings is 1. The number of nitrogens with two attached hydrogens (primary N) is 1. The highest BCUT2D eigenvalue weighted by Gasteiger charge is 2.25. The van der Waals surface area contributed by atoms with Crippen molar-refractivity contribution < 1.29 is 4.79 Å². The third-order valence-electron chi connectivity index (χ3n) is 5.83. The minimum absolute atomic E-state index is 0. The van der Waals surface area contributed by atoms with Crippen molar-refractivity contribution in [2.75, 3.05) is 13.1 Å². The van der Waals surface area contributed by atoms with E-state index >= 15 is 0 Å². The first kappa shape index (κ1) is 24.2. The van der Waals surface area contributed by atoms with Crippen molar-refractivity contribution in [2.45, 2.75) is 64.6 Å². The van der Waals surface area contributed by atoms with Gasteiger partial charge in [0.15, 0.2) is 0 Å². The van der Waals surface area contributed by atoms with E-state index in [9.17, 15) is 4.79 Å². The second kappa shape index (κ2) is 11.9. The molecule has 3 rings (SSSR count). The van der Waals surface area contributed by atoms with E-state index in [1.165, 1.54) is 37.1 Å². The Balaban J connectivity index is 0.00000182. The number of hydrogen-bond donors (Lipinski definition) is 2. The van der Waals surface area contributed by atoms with Crippen LogP contribution < -0.4 is 11.1 Å². The van der Waals surface area contributed by atoms with E-state index in [4.69, 9.17) is 5.73 Å². The quantitative estimate of drug-likeness (QED) is 0.766. The molecule has 2 unspecified atom stereocenters. The summed E-state index contributed by atoms with van der Waals surface area (Å²) in [5.41, 5.74) is 8.54. The molecule has 4 nitrogen and oxygen atoms in total. The van der Waals surface area contributed by atoms with Gasteiger partial charge in [-0.1, -0.05) is 37.6 Å². The van der Waals surface area contributed by atoms with Gasteiger partial charge >= 0.3 is 0 Å². The first-order valence-corrected chi connectivity index (χ1v) is 9.93. The van der Waals surface area contributed by atoms with E-state index in [-0.39, 0.29) is 42.7 Å². The molecule has 2 aliphatic rings. The van der Waals surface area contributed by atoms with Crippen LogP contribution in [0.5, 0.6) is 0 Å². The highest BCUT2D eigenvalue weighted by Crippen LogP contribution is 2.23. The van der Waals surface area contributed by atoms with Crippen LogP contribution in [-0.2, 0) is 17.9 Å². The molecule has 1 amide bonds. The molecule has 154 valence electrons. The van der Waals surface area contributed by atoms with E-state index in [0.717, 1.165) is 38.1 Å². The monoisotopic (exact) mass is 415 g/mol. The van der Waals surface area contributed by atoms with Gasteiger partial charge in [0.2, 0.25) is 5.91 Å².